The van der Waals surface area contributed by atoms with Gasteiger partial charge in [-0.1, -0.05) is 65.5 Å². The fourth-order valence-corrected chi connectivity index (χ4v) is 9.55. The first-order valence-electron chi connectivity index (χ1n) is 15.9. The molecule has 1 amide bonds. The van der Waals surface area contributed by atoms with Gasteiger partial charge in [-0.3, -0.25) is 0 Å². The highest BCUT2D eigenvalue weighted by atomic mass is 16.6. The van der Waals surface area contributed by atoms with E-state index in [1.54, 1.807) is 5.57 Å². The van der Waals surface area contributed by atoms with Gasteiger partial charge in [-0.15, -0.1) is 0 Å². The van der Waals surface area contributed by atoms with Crippen molar-refractivity contribution in [3.8, 4) is 0 Å². The maximum absolute atomic E-state index is 12.4. The van der Waals surface area contributed by atoms with Crippen molar-refractivity contribution in [2.45, 2.75) is 131 Å². The Bertz CT molecular complexity index is 792. The largest absolute Gasteiger partial charge is 0.446 e. The molecule has 8 atom stereocenters. The predicted molar refractivity (Wildman–Crippen MR) is 152 cm³/mol. The van der Waals surface area contributed by atoms with E-state index in [1.165, 1.54) is 51.4 Å². The summed E-state index contributed by atoms with van der Waals surface area (Å²) in [5, 5.41) is 11.8. The maximum Gasteiger partial charge on any atom is 0.407 e. The Balaban J connectivity index is 1.34. The van der Waals surface area contributed by atoms with Crippen LogP contribution in [0.15, 0.2) is 11.6 Å². The van der Waals surface area contributed by atoms with Gasteiger partial charge in [-0.05, 0) is 111 Å². The van der Waals surface area contributed by atoms with E-state index in [2.05, 4.69) is 46.0 Å². The van der Waals surface area contributed by atoms with Gasteiger partial charge >= 0.3 is 6.09 Å². The third-order valence-electron chi connectivity index (χ3n) is 11.6. The van der Waals surface area contributed by atoms with Crippen LogP contribution in [0.5, 0.6) is 0 Å². The van der Waals surface area contributed by atoms with Crippen LogP contribution in [-0.4, -0.2) is 30.5 Å². The van der Waals surface area contributed by atoms with Crippen molar-refractivity contribution in [1.29, 1.82) is 0 Å². The van der Waals surface area contributed by atoms with E-state index in [0.29, 0.717) is 17.4 Å². The van der Waals surface area contributed by atoms with Gasteiger partial charge in [0, 0.05) is 19.6 Å². The van der Waals surface area contributed by atoms with Crippen LogP contribution >= 0.6 is 0 Å². The number of rotatable bonds is 11. The molecular weight excluding hydrogens is 458 g/mol. The average molecular weight is 516 g/mol. The van der Waals surface area contributed by atoms with Crippen LogP contribution in [0.25, 0.3) is 0 Å². The first-order chi connectivity index (χ1) is 17.7. The Morgan fingerprint density at radius 3 is 2.59 bits per heavy atom. The van der Waals surface area contributed by atoms with Gasteiger partial charge in [0.05, 0.1) is 0 Å². The van der Waals surface area contributed by atoms with Crippen LogP contribution in [0.1, 0.15) is 125 Å². The summed E-state index contributed by atoms with van der Waals surface area (Å²) in [6, 6.07) is 0. The summed E-state index contributed by atoms with van der Waals surface area (Å²) < 4.78 is 5.86. The third kappa shape index (κ3) is 6.25. The Morgan fingerprint density at radius 1 is 1.03 bits per heavy atom. The molecule has 0 saturated heterocycles. The summed E-state index contributed by atoms with van der Waals surface area (Å²) in [6.07, 6.45) is 19.2. The molecule has 212 valence electrons. The lowest BCUT2D eigenvalue weighted by atomic mass is 9.47. The van der Waals surface area contributed by atoms with Gasteiger partial charge in [0.25, 0.3) is 0 Å². The zero-order valence-corrected chi connectivity index (χ0v) is 24.7. The molecule has 4 rings (SSSR count). The fourth-order valence-electron chi connectivity index (χ4n) is 9.55. The Labute approximate surface area is 227 Å². The number of hydrogen-bond acceptors (Lipinski definition) is 3. The Morgan fingerprint density at radius 2 is 1.84 bits per heavy atom. The standard InChI is InChI=1S/C33H57NO3/c1-23(2)10-9-11-24(3)28-14-15-29-27-13-12-25-22-26(37-31(36)34-20-7-6-8-21-35)16-18-32(25,4)30(27)17-19-33(28,29)5/h12,23-24,26-30,35H,6-11,13-22H2,1-5H3,(H,34,36)/t24-,26+,27+,28-,29+,30+,32+,33-/m1/s1. The maximum atomic E-state index is 12.4. The van der Waals surface area contributed by atoms with Crippen LogP contribution in [0.4, 0.5) is 4.79 Å². The highest BCUT2D eigenvalue weighted by Gasteiger charge is 2.59. The van der Waals surface area contributed by atoms with E-state index in [9.17, 15) is 4.79 Å². The number of ether oxygens (including phenoxy) is 1. The smallest absolute Gasteiger partial charge is 0.407 e. The van der Waals surface area contributed by atoms with E-state index in [4.69, 9.17) is 9.84 Å². The van der Waals surface area contributed by atoms with Crippen molar-refractivity contribution in [2.24, 2.45) is 46.3 Å². The number of nitrogens with one attached hydrogen (secondary N) is 1. The molecule has 0 heterocycles. The third-order valence-corrected chi connectivity index (χ3v) is 11.6. The van der Waals surface area contributed by atoms with Gasteiger partial charge in [-0.25, -0.2) is 4.79 Å². The summed E-state index contributed by atoms with van der Waals surface area (Å²) in [4.78, 5) is 12.4. The SMILES string of the molecule is CC(C)CCC[C@@H](C)[C@H]1CC[C@H]2[C@@H]3CC=C4C[C@@H](OC(=O)NCCCCCO)CC[C@]4(C)[C@H]3CC[C@]12C. The summed E-state index contributed by atoms with van der Waals surface area (Å²) in [5.74, 6) is 5.15. The monoisotopic (exact) mass is 515 g/mol. The quantitative estimate of drug-likeness (QED) is 0.215. The number of hydrogen-bond donors (Lipinski definition) is 2. The lowest BCUT2D eigenvalue weighted by Gasteiger charge is -2.58. The first-order valence-corrected chi connectivity index (χ1v) is 15.9. The molecule has 0 aromatic rings. The number of alkyl carbamates (subject to hydrolysis) is 1. The molecule has 4 aliphatic carbocycles. The van der Waals surface area contributed by atoms with Crippen LogP contribution in [0, 0.1) is 46.3 Å². The molecule has 4 heteroatoms. The topological polar surface area (TPSA) is 58.6 Å². The zero-order valence-electron chi connectivity index (χ0n) is 24.7. The van der Waals surface area contributed by atoms with Gasteiger partial charge in [0.15, 0.2) is 0 Å². The Kier molecular flexibility index (Phi) is 9.73. The lowest BCUT2D eigenvalue weighted by molar-refractivity contribution is -0.0581. The van der Waals surface area contributed by atoms with Crippen molar-refractivity contribution < 1.29 is 14.6 Å². The molecule has 4 aliphatic rings. The molecule has 0 bridgehead atoms. The molecule has 2 N–H and O–H groups in total. The predicted octanol–water partition coefficient (Wildman–Crippen LogP) is 8.29. The molecule has 0 unspecified atom stereocenters. The summed E-state index contributed by atoms with van der Waals surface area (Å²) in [5.41, 5.74) is 2.42. The van der Waals surface area contributed by atoms with Crippen LogP contribution in [0.2, 0.25) is 0 Å². The van der Waals surface area contributed by atoms with Crippen molar-refractivity contribution in [3.05, 3.63) is 11.6 Å². The number of aliphatic hydroxyl groups excluding tert-OH is 1. The molecular formula is C33H57NO3. The summed E-state index contributed by atoms with van der Waals surface area (Å²) in [7, 11) is 0. The second-order valence-corrected chi connectivity index (χ2v) is 14.3. The zero-order chi connectivity index (χ0) is 26.6. The second-order valence-electron chi connectivity index (χ2n) is 14.3. The number of carbonyl (C=O) groups excluding carboxylic acids is 1. The van der Waals surface area contributed by atoms with Crippen molar-refractivity contribution in [3.63, 3.8) is 0 Å². The molecule has 37 heavy (non-hydrogen) atoms. The van der Waals surface area contributed by atoms with E-state index in [0.717, 1.165) is 74.0 Å². The van der Waals surface area contributed by atoms with Crippen molar-refractivity contribution >= 4 is 6.09 Å². The number of aliphatic hydroxyl groups is 1. The highest BCUT2D eigenvalue weighted by molar-refractivity contribution is 5.67. The van der Waals surface area contributed by atoms with Gasteiger partial charge in [-0.2, -0.15) is 0 Å². The molecule has 0 aromatic heterocycles. The lowest BCUT2D eigenvalue weighted by Crippen LogP contribution is -2.51. The minimum Gasteiger partial charge on any atom is -0.446 e. The van der Waals surface area contributed by atoms with Crippen molar-refractivity contribution in [1.82, 2.24) is 5.32 Å². The van der Waals surface area contributed by atoms with Crippen LogP contribution in [-0.2, 0) is 4.74 Å². The summed E-state index contributed by atoms with van der Waals surface area (Å²) >= 11 is 0. The van der Waals surface area contributed by atoms with E-state index in [1.807, 2.05) is 0 Å². The number of carbonyl (C=O) groups is 1. The van der Waals surface area contributed by atoms with Gasteiger partial charge < -0.3 is 15.2 Å². The first kappa shape index (κ1) is 29.0. The second kappa shape index (κ2) is 12.4. The number of amides is 1. The number of unbranched alkanes of at least 4 members (excludes halogenated alkanes) is 2. The molecule has 0 radical (unpaired) electrons. The molecule has 0 aliphatic heterocycles. The van der Waals surface area contributed by atoms with E-state index in [-0.39, 0.29) is 18.8 Å². The minimum atomic E-state index is -0.264. The molecule has 3 saturated carbocycles. The van der Waals surface area contributed by atoms with Crippen LogP contribution in [0.3, 0.4) is 0 Å². The summed E-state index contributed by atoms with van der Waals surface area (Å²) in [6.45, 7) is 13.4. The number of fused-ring (bicyclic) bond motifs is 5. The normalized spacial score (nSPS) is 37.8. The molecule has 0 aromatic carbocycles. The molecule has 4 nitrogen and oxygen atoms in total. The van der Waals surface area contributed by atoms with E-state index >= 15 is 0 Å². The van der Waals surface area contributed by atoms with Crippen LogP contribution < -0.4 is 5.32 Å². The Hall–Kier alpha value is -1.03. The van der Waals surface area contributed by atoms with Gasteiger partial charge in [0.1, 0.15) is 6.10 Å². The highest BCUT2D eigenvalue weighted by Crippen LogP contribution is 2.67. The molecule has 3 fully saturated rings. The van der Waals surface area contributed by atoms with Gasteiger partial charge in [0.2, 0.25) is 0 Å². The molecule has 0 spiro atoms. The van der Waals surface area contributed by atoms with Crippen molar-refractivity contribution in [2.75, 3.05) is 13.2 Å². The fraction of sp³-hybridized carbons (Fsp3) is 0.909. The minimum absolute atomic E-state index is 0.0183. The number of allylic oxidation sites excluding steroid dienone is 1. The average Bonchev–Trinajstić information content (AvgIpc) is 3.21. The van der Waals surface area contributed by atoms with E-state index < -0.39 is 0 Å².